The summed E-state index contributed by atoms with van der Waals surface area (Å²) in [5.74, 6) is -0.450. The maximum Gasteiger partial charge on any atom is 0.433 e. The van der Waals surface area contributed by atoms with E-state index < -0.39 is 17.8 Å². The van der Waals surface area contributed by atoms with Crippen LogP contribution in [0.1, 0.15) is 27.4 Å². The van der Waals surface area contributed by atoms with E-state index in [2.05, 4.69) is 20.5 Å². The van der Waals surface area contributed by atoms with Gasteiger partial charge in [-0.25, -0.2) is 9.50 Å². The molecule has 0 saturated heterocycles. The molecule has 1 amide bonds. The zero-order valence-corrected chi connectivity index (χ0v) is 16.2. The minimum atomic E-state index is -4.63. The fourth-order valence-corrected chi connectivity index (χ4v) is 3.01. The zero-order valence-electron chi connectivity index (χ0n) is 15.5. The Hall–Kier alpha value is -3.40. The maximum atomic E-state index is 13.2. The molecule has 0 aliphatic rings. The standard InChI is InChI=1S/C19H14ClF3N6O/c1-11-8-15(19(21,22)23)29-17(24-11)9-14(26-29)18(30)25-16-6-7-28(27-16)10-12-2-4-13(20)5-3-12/h2-9H,10H2,1H3,(H,25,27,30). The zero-order chi connectivity index (χ0) is 21.5. The first-order valence-electron chi connectivity index (χ1n) is 8.73. The summed E-state index contributed by atoms with van der Waals surface area (Å²) in [6.07, 6.45) is -2.97. The van der Waals surface area contributed by atoms with Crippen molar-refractivity contribution < 1.29 is 18.0 Å². The van der Waals surface area contributed by atoms with E-state index >= 15 is 0 Å². The van der Waals surface area contributed by atoms with E-state index in [1.165, 1.54) is 13.0 Å². The van der Waals surface area contributed by atoms with Gasteiger partial charge in [-0.3, -0.25) is 9.48 Å². The monoisotopic (exact) mass is 434 g/mol. The van der Waals surface area contributed by atoms with Crippen molar-refractivity contribution in [2.24, 2.45) is 0 Å². The van der Waals surface area contributed by atoms with Gasteiger partial charge in [-0.15, -0.1) is 0 Å². The number of fused-ring (bicyclic) bond motifs is 1. The third-order valence-electron chi connectivity index (χ3n) is 4.22. The Bertz CT molecular complexity index is 1230. The van der Waals surface area contributed by atoms with Gasteiger partial charge in [-0.05, 0) is 30.7 Å². The molecule has 3 aromatic heterocycles. The summed E-state index contributed by atoms with van der Waals surface area (Å²) in [6.45, 7) is 1.90. The summed E-state index contributed by atoms with van der Waals surface area (Å²) < 4.78 is 42.0. The SMILES string of the molecule is Cc1cc(C(F)(F)F)n2nc(C(=O)Nc3ccn(Cc4ccc(Cl)cc4)n3)cc2n1. The van der Waals surface area contributed by atoms with Gasteiger partial charge in [0.1, 0.15) is 5.69 Å². The molecule has 4 aromatic rings. The number of benzene rings is 1. The van der Waals surface area contributed by atoms with Crippen molar-refractivity contribution in [3.05, 3.63) is 76.3 Å². The quantitative estimate of drug-likeness (QED) is 0.522. The van der Waals surface area contributed by atoms with Crippen LogP contribution >= 0.6 is 11.6 Å². The van der Waals surface area contributed by atoms with Gasteiger partial charge in [0.25, 0.3) is 5.91 Å². The van der Waals surface area contributed by atoms with Crippen LogP contribution in [0.5, 0.6) is 0 Å². The average molecular weight is 435 g/mol. The molecule has 11 heteroatoms. The molecule has 0 fully saturated rings. The van der Waals surface area contributed by atoms with Crippen LogP contribution in [0.15, 0.2) is 48.7 Å². The minimum absolute atomic E-state index is 0.0688. The summed E-state index contributed by atoms with van der Waals surface area (Å²) in [5.41, 5.74) is -0.146. The predicted octanol–water partition coefficient (Wildman–Crippen LogP) is 4.21. The van der Waals surface area contributed by atoms with Crippen LogP contribution < -0.4 is 5.32 Å². The molecule has 30 heavy (non-hydrogen) atoms. The molecule has 0 saturated carbocycles. The van der Waals surface area contributed by atoms with Gasteiger partial charge in [0, 0.05) is 29.0 Å². The minimum Gasteiger partial charge on any atom is -0.304 e. The first kappa shape index (κ1) is 19.9. The van der Waals surface area contributed by atoms with Crippen LogP contribution in [0.25, 0.3) is 5.65 Å². The molecule has 0 atom stereocenters. The van der Waals surface area contributed by atoms with Crippen LogP contribution in [0.2, 0.25) is 5.02 Å². The Morgan fingerprint density at radius 3 is 2.57 bits per heavy atom. The van der Waals surface area contributed by atoms with E-state index in [4.69, 9.17) is 11.6 Å². The van der Waals surface area contributed by atoms with Crippen molar-refractivity contribution in [2.45, 2.75) is 19.6 Å². The number of aryl methyl sites for hydroxylation is 1. The first-order valence-corrected chi connectivity index (χ1v) is 9.11. The van der Waals surface area contributed by atoms with Crippen molar-refractivity contribution in [3.8, 4) is 0 Å². The molecule has 0 aliphatic carbocycles. The van der Waals surface area contributed by atoms with E-state index in [0.29, 0.717) is 16.1 Å². The van der Waals surface area contributed by atoms with Crippen LogP contribution in [0.4, 0.5) is 19.0 Å². The number of rotatable bonds is 4. The number of halogens is 4. The summed E-state index contributed by atoms with van der Waals surface area (Å²) in [6, 6.07) is 10.9. The summed E-state index contributed by atoms with van der Waals surface area (Å²) in [7, 11) is 0. The van der Waals surface area contributed by atoms with Gasteiger partial charge in [-0.1, -0.05) is 23.7 Å². The number of hydrogen-bond donors (Lipinski definition) is 1. The molecule has 1 aromatic carbocycles. The number of aromatic nitrogens is 5. The Morgan fingerprint density at radius 1 is 1.13 bits per heavy atom. The third kappa shape index (κ3) is 4.13. The summed E-state index contributed by atoms with van der Waals surface area (Å²) in [5, 5.41) is 11.2. The number of anilines is 1. The predicted molar refractivity (Wildman–Crippen MR) is 103 cm³/mol. The molecule has 0 spiro atoms. The third-order valence-corrected chi connectivity index (χ3v) is 4.47. The van der Waals surface area contributed by atoms with E-state index in [0.717, 1.165) is 11.6 Å². The van der Waals surface area contributed by atoms with Crippen molar-refractivity contribution in [2.75, 3.05) is 5.32 Å². The molecule has 0 radical (unpaired) electrons. The lowest BCUT2D eigenvalue weighted by molar-refractivity contribution is -0.142. The van der Waals surface area contributed by atoms with Gasteiger partial charge < -0.3 is 5.32 Å². The highest BCUT2D eigenvalue weighted by atomic mass is 35.5. The molecule has 0 unspecified atom stereocenters. The molecule has 154 valence electrons. The van der Waals surface area contributed by atoms with E-state index in [1.54, 1.807) is 29.1 Å². The number of amides is 1. The van der Waals surface area contributed by atoms with Crippen molar-refractivity contribution >= 4 is 29.0 Å². The van der Waals surface area contributed by atoms with E-state index in [1.807, 2.05) is 12.1 Å². The summed E-state index contributed by atoms with van der Waals surface area (Å²) >= 11 is 5.86. The maximum absolute atomic E-state index is 13.2. The number of alkyl halides is 3. The van der Waals surface area contributed by atoms with Crippen LogP contribution in [-0.2, 0) is 12.7 Å². The molecule has 7 nitrogen and oxygen atoms in total. The first-order chi connectivity index (χ1) is 14.2. The Morgan fingerprint density at radius 2 is 1.87 bits per heavy atom. The Labute approximate surface area is 173 Å². The smallest absolute Gasteiger partial charge is 0.304 e. The fraction of sp³-hybridized carbons (Fsp3) is 0.158. The number of nitrogens with one attached hydrogen (secondary N) is 1. The van der Waals surface area contributed by atoms with Crippen molar-refractivity contribution in [1.82, 2.24) is 24.4 Å². The van der Waals surface area contributed by atoms with Gasteiger partial charge in [0.2, 0.25) is 0 Å². The lowest BCUT2D eigenvalue weighted by Gasteiger charge is -2.09. The fourth-order valence-electron chi connectivity index (χ4n) is 2.89. The lowest BCUT2D eigenvalue weighted by atomic mass is 10.2. The van der Waals surface area contributed by atoms with Crippen LogP contribution in [-0.4, -0.2) is 30.3 Å². The van der Waals surface area contributed by atoms with Crippen molar-refractivity contribution in [3.63, 3.8) is 0 Å². The topological polar surface area (TPSA) is 77.1 Å². The number of carbonyl (C=O) groups is 1. The highest BCUT2D eigenvalue weighted by molar-refractivity contribution is 6.30. The second kappa shape index (κ2) is 7.45. The van der Waals surface area contributed by atoms with Gasteiger partial charge in [0.05, 0.1) is 6.54 Å². The second-order valence-electron chi connectivity index (χ2n) is 6.56. The second-order valence-corrected chi connectivity index (χ2v) is 7.00. The number of nitrogens with zero attached hydrogens (tertiary/aromatic N) is 5. The van der Waals surface area contributed by atoms with Gasteiger partial charge in [0.15, 0.2) is 17.2 Å². The molecule has 4 rings (SSSR count). The largest absolute Gasteiger partial charge is 0.433 e. The molecule has 3 heterocycles. The number of hydrogen-bond acceptors (Lipinski definition) is 4. The Balaban J connectivity index is 1.54. The van der Waals surface area contributed by atoms with E-state index in [-0.39, 0.29) is 22.9 Å². The molecular formula is C19H14ClF3N6O. The van der Waals surface area contributed by atoms with Crippen LogP contribution in [0, 0.1) is 6.92 Å². The molecule has 0 bridgehead atoms. The summed E-state index contributed by atoms with van der Waals surface area (Å²) in [4.78, 5) is 16.5. The normalized spacial score (nSPS) is 11.8. The lowest BCUT2D eigenvalue weighted by Crippen LogP contribution is -2.16. The van der Waals surface area contributed by atoms with Gasteiger partial charge >= 0.3 is 6.18 Å². The molecule has 0 aliphatic heterocycles. The van der Waals surface area contributed by atoms with Crippen molar-refractivity contribution in [1.29, 1.82) is 0 Å². The average Bonchev–Trinajstić information content (AvgIpc) is 3.28. The Kier molecular flexibility index (Phi) is 4.94. The van der Waals surface area contributed by atoms with Crippen LogP contribution in [0.3, 0.4) is 0 Å². The number of carbonyl (C=O) groups excluding carboxylic acids is 1. The highest BCUT2D eigenvalue weighted by Crippen LogP contribution is 2.29. The highest BCUT2D eigenvalue weighted by Gasteiger charge is 2.35. The molecular weight excluding hydrogens is 421 g/mol. The van der Waals surface area contributed by atoms with E-state index in [9.17, 15) is 18.0 Å². The van der Waals surface area contributed by atoms with Gasteiger partial charge in [-0.2, -0.15) is 23.4 Å². The molecule has 1 N–H and O–H groups in total.